The van der Waals surface area contributed by atoms with Crippen LogP contribution in [-0.4, -0.2) is 33.3 Å². The SMILES string of the molecule is COCCCCNCc1ccc(C(=O)OC)cc1Br. The van der Waals surface area contributed by atoms with Crippen LogP contribution >= 0.6 is 15.9 Å². The van der Waals surface area contributed by atoms with Crippen LogP contribution < -0.4 is 5.32 Å². The van der Waals surface area contributed by atoms with Crippen molar-refractivity contribution < 1.29 is 14.3 Å². The lowest BCUT2D eigenvalue weighted by molar-refractivity contribution is 0.0600. The predicted octanol–water partition coefficient (Wildman–Crippen LogP) is 2.75. The van der Waals surface area contributed by atoms with E-state index in [0.29, 0.717) is 5.56 Å². The van der Waals surface area contributed by atoms with Gasteiger partial charge in [-0.15, -0.1) is 0 Å². The highest BCUT2D eigenvalue weighted by Crippen LogP contribution is 2.19. The van der Waals surface area contributed by atoms with Crippen molar-refractivity contribution >= 4 is 21.9 Å². The number of unbranched alkanes of at least 4 members (excludes halogenated alkanes) is 1. The Morgan fingerprint density at radius 3 is 2.74 bits per heavy atom. The Balaban J connectivity index is 2.40. The van der Waals surface area contributed by atoms with Gasteiger partial charge in [0.25, 0.3) is 0 Å². The van der Waals surface area contributed by atoms with Gasteiger partial charge in [0.2, 0.25) is 0 Å². The third kappa shape index (κ3) is 5.72. The zero-order valence-corrected chi connectivity index (χ0v) is 13.0. The van der Waals surface area contributed by atoms with E-state index >= 15 is 0 Å². The van der Waals surface area contributed by atoms with E-state index in [9.17, 15) is 4.79 Å². The second-order valence-electron chi connectivity index (χ2n) is 4.17. The van der Waals surface area contributed by atoms with Crippen molar-refractivity contribution in [2.45, 2.75) is 19.4 Å². The number of carbonyl (C=O) groups excluding carboxylic acids is 1. The zero-order chi connectivity index (χ0) is 14.1. The average Bonchev–Trinajstić information content (AvgIpc) is 2.43. The molecule has 4 nitrogen and oxygen atoms in total. The predicted molar refractivity (Wildman–Crippen MR) is 78.3 cm³/mol. The fourth-order valence-electron chi connectivity index (χ4n) is 1.65. The molecule has 0 atom stereocenters. The second-order valence-corrected chi connectivity index (χ2v) is 5.03. The molecular formula is C14H20BrNO3. The summed E-state index contributed by atoms with van der Waals surface area (Å²) in [5.41, 5.74) is 1.68. The molecule has 0 heterocycles. The number of ether oxygens (including phenoxy) is 2. The van der Waals surface area contributed by atoms with E-state index in [4.69, 9.17) is 4.74 Å². The maximum Gasteiger partial charge on any atom is 0.337 e. The number of benzene rings is 1. The van der Waals surface area contributed by atoms with Crippen LogP contribution in [0.3, 0.4) is 0 Å². The Bertz CT molecular complexity index is 410. The van der Waals surface area contributed by atoms with Crippen molar-refractivity contribution in [1.29, 1.82) is 0 Å². The van der Waals surface area contributed by atoms with Gasteiger partial charge in [-0.25, -0.2) is 4.79 Å². The molecule has 0 aliphatic rings. The van der Waals surface area contributed by atoms with Crippen molar-refractivity contribution in [3.05, 3.63) is 33.8 Å². The molecule has 0 fully saturated rings. The smallest absolute Gasteiger partial charge is 0.337 e. The van der Waals surface area contributed by atoms with Crippen LogP contribution in [-0.2, 0) is 16.0 Å². The van der Waals surface area contributed by atoms with E-state index in [1.54, 1.807) is 19.2 Å². The summed E-state index contributed by atoms with van der Waals surface area (Å²) in [6.07, 6.45) is 2.15. The van der Waals surface area contributed by atoms with Gasteiger partial charge < -0.3 is 14.8 Å². The Morgan fingerprint density at radius 1 is 1.32 bits per heavy atom. The van der Waals surface area contributed by atoms with Gasteiger partial charge in [-0.3, -0.25) is 0 Å². The molecule has 0 amide bonds. The normalized spacial score (nSPS) is 10.5. The van der Waals surface area contributed by atoms with Gasteiger partial charge in [-0.1, -0.05) is 22.0 Å². The molecule has 1 aromatic carbocycles. The van der Waals surface area contributed by atoms with Crippen LogP contribution in [0.1, 0.15) is 28.8 Å². The van der Waals surface area contributed by atoms with Gasteiger partial charge in [0.05, 0.1) is 12.7 Å². The molecule has 0 saturated heterocycles. The molecular weight excluding hydrogens is 310 g/mol. The van der Waals surface area contributed by atoms with Gasteiger partial charge in [-0.05, 0) is 37.1 Å². The average molecular weight is 330 g/mol. The van der Waals surface area contributed by atoms with Crippen molar-refractivity contribution in [2.24, 2.45) is 0 Å². The molecule has 0 bridgehead atoms. The van der Waals surface area contributed by atoms with Crippen LogP contribution in [0, 0.1) is 0 Å². The van der Waals surface area contributed by atoms with E-state index in [2.05, 4.69) is 26.0 Å². The molecule has 1 N–H and O–H groups in total. The first-order valence-corrected chi connectivity index (χ1v) is 7.04. The Labute approximate surface area is 122 Å². The number of nitrogens with one attached hydrogen (secondary N) is 1. The molecule has 19 heavy (non-hydrogen) atoms. The lowest BCUT2D eigenvalue weighted by Crippen LogP contribution is -2.15. The van der Waals surface area contributed by atoms with Crippen molar-refractivity contribution in [1.82, 2.24) is 5.32 Å². The van der Waals surface area contributed by atoms with E-state index in [1.807, 2.05) is 6.07 Å². The number of halogens is 1. The number of carbonyl (C=O) groups is 1. The van der Waals surface area contributed by atoms with E-state index in [1.165, 1.54) is 7.11 Å². The summed E-state index contributed by atoms with van der Waals surface area (Å²) >= 11 is 3.47. The molecule has 0 radical (unpaired) electrons. The second kappa shape index (κ2) is 9.07. The highest BCUT2D eigenvalue weighted by atomic mass is 79.9. The Hall–Kier alpha value is -0.910. The molecule has 0 aliphatic carbocycles. The summed E-state index contributed by atoms with van der Waals surface area (Å²) < 4.78 is 10.6. The fraction of sp³-hybridized carbons (Fsp3) is 0.500. The first kappa shape index (κ1) is 16.1. The van der Waals surface area contributed by atoms with Gasteiger partial charge in [0.15, 0.2) is 0 Å². The minimum atomic E-state index is -0.320. The van der Waals surface area contributed by atoms with Crippen molar-refractivity contribution in [2.75, 3.05) is 27.4 Å². The van der Waals surface area contributed by atoms with Crippen molar-refractivity contribution in [3.63, 3.8) is 0 Å². The van der Waals surface area contributed by atoms with Gasteiger partial charge in [0, 0.05) is 24.7 Å². The molecule has 0 unspecified atom stereocenters. The van der Waals surface area contributed by atoms with E-state index in [-0.39, 0.29) is 5.97 Å². The summed E-state index contributed by atoms with van der Waals surface area (Å²) in [5, 5.41) is 3.36. The third-order valence-electron chi connectivity index (χ3n) is 2.74. The first-order valence-electron chi connectivity index (χ1n) is 6.25. The lowest BCUT2D eigenvalue weighted by atomic mass is 10.1. The topological polar surface area (TPSA) is 47.6 Å². The maximum absolute atomic E-state index is 11.4. The third-order valence-corrected chi connectivity index (χ3v) is 3.48. The fourth-order valence-corrected chi connectivity index (χ4v) is 2.17. The Morgan fingerprint density at radius 2 is 2.11 bits per heavy atom. The number of hydrogen-bond acceptors (Lipinski definition) is 4. The molecule has 1 rings (SSSR count). The number of esters is 1. The van der Waals surface area contributed by atoms with Crippen molar-refractivity contribution in [3.8, 4) is 0 Å². The van der Waals surface area contributed by atoms with Crippen LogP contribution in [0.2, 0.25) is 0 Å². The molecule has 106 valence electrons. The summed E-state index contributed by atoms with van der Waals surface area (Å²) in [6, 6.07) is 5.49. The monoisotopic (exact) mass is 329 g/mol. The highest BCUT2D eigenvalue weighted by molar-refractivity contribution is 9.10. The number of rotatable bonds is 8. The van der Waals surface area contributed by atoms with E-state index < -0.39 is 0 Å². The number of methoxy groups -OCH3 is 2. The molecule has 5 heteroatoms. The van der Waals surface area contributed by atoms with Crippen LogP contribution in [0.15, 0.2) is 22.7 Å². The standard InChI is InChI=1S/C14H20BrNO3/c1-18-8-4-3-7-16-10-12-6-5-11(9-13(12)15)14(17)19-2/h5-6,9,16H,3-4,7-8,10H2,1-2H3. The van der Waals surface area contributed by atoms with Crippen LogP contribution in [0.4, 0.5) is 0 Å². The molecule has 0 aliphatic heterocycles. The molecule has 1 aromatic rings. The van der Waals surface area contributed by atoms with Crippen LogP contribution in [0.25, 0.3) is 0 Å². The first-order chi connectivity index (χ1) is 9.19. The summed E-state index contributed by atoms with van der Waals surface area (Å²) in [7, 11) is 3.10. The van der Waals surface area contributed by atoms with Gasteiger partial charge >= 0.3 is 5.97 Å². The van der Waals surface area contributed by atoms with Gasteiger partial charge in [-0.2, -0.15) is 0 Å². The van der Waals surface area contributed by atoms with Crippen LogP contribution in [0.5, 0.6) is 0 Å². The summed E-state index contributed by atoms with van der Waals surface area (Å²) in [5.74, 6) is -0.320. The summed E-state index contributed by atoms with van der Waals surface area (Å²) in [6.45, 7) is 2.53. The quantitative estimate of drug-likeness (QED) is 0.588. The lowest BCUT2D eigenvalue weighted by Gasteiger charge is -2.08. The molecule has 0 spiro atoms. The minimum absolute atomic E-state index is 0.320. The Kier molecular flexibility index (Phi) is 7.70. The summed E-state index contributed by atoms with van der Waals surface area (Å²) in [4.78, 5) is 11.4. The molecule has 0 aromatic heterocycles. The number of hydrogen-bond donors (Lipinski definition) is 1. The molecule has 0 saturated carbocycles. The van der Waals surface area contributed by atoms with Gasteiger partial charge in [0.1, 0.15) is 0 Å². The maximum atomic E-state index is 11.4. The minimum Gasteiger partial charge on any atom is -0.465 e. The zero-order valence-electron chi connectivity index (χ0n) is 11.4. The largest absolute Gasteiger partial charge is 0.465 e. The van der Waals surface area contributed by atoms with E-state index in [0.717, 1.165) is 42.6 Å². The highest BCUT2D eigenvalue weighted by Gasteiger charge is 2.07.